The zero-order chi connectivity index (χ0) is 18.6. The van der Waals surface area contributed by atoms with Crippen LogP contribution in [0.25, 0.3) is 11.0 Å². The molecular formula is C21H22ClNO4. The van der Waals surface area contributed by atoms with E-state index in [-0.39, 0.29) is 23.2 Å². The first-order valence-electron chi connectivity index (χ1n) is 9.65. The van der Waals surface area contributed by atoms with Gasteiger partial charge in [0.25, 0.3) is 0 Å². The molecule has 1 saturated carbocycles. The van der Waals surface area contributed by atoms with Crippen molar-refractivity contribution in [1.82, 2.24) is 4.90 Å². The number of furan rings is 1. The topological polar surface area (TPSA) is 59.8 Å². The van der Waals surface area contributed by atoms with Crippen LogP contribution in [0.3, 0.4) is 0 Å². The molecule has 142 valence electrons. The number of ether oxygens (including phenoxy) is 1. The molecule has 3 heterocycles. The summed E-state index contributed by atoms with van der Waals surface area (Å²) < 4.78 is 11.1. The maximum atomic E-state index is 12.8. The predicted octanol–water partition coefficient (Wildman–Crippen LogP) is 4.14. The van der Waals surface area contributed by atoms with E-state index < -0.39 is 0 Å². The van der Waals surface area contributed by atoms with Crippen LogP contribution in [-0.4, -0.2) is 36.5 Å². The monoisotopic (exact) mass is 387 g/mol. The van der Waals surface area contributed by atoms with E-state index in [1.807, 2.05) is 23.1 Å². The predicted molar refractivity (Wildman–Crippen MR) is 101 cm³/mol. The molecule has 27 heavy (non-hydrogen) atoms. The number of likely N-dealkylation sites (tertiary alicyclic amines) is 1. The van der Waals surface area contributed by atoms with E-state index in [4.69, 9.17) is 20.8 Å². The number of piperidine rings is 1. The van der Waals surface area contributed by atoms with Crippen molar-refractivity contribution >= 4 is 34.4 Å². The van der Waals surface area contributed by atoms with E-state index in [1.165, 1.54) is 0 Å². The van der Waals surface area contributed by atoms with E-state index in [2.05, 4.69) is 6.07 Å². The Morgan fingerprint density at radius 3 is 2.67 bits per heavy atom. The minimum Gasteiger partial charge on any atom is -0.465 e. The summed E-state index contributed by atoms with van der Waals surface area (Å²) in [7, 11) is 0. The van der Waals surface area contributed by atoms with Gasteiger partial charge in [0.15, 0.2) is 0 Å². The fourth-order valence-electron chi connectivity index (χ4n) is 4.94. The second-order valence-electron chi connectivity index (χ2n) is 8.37. The summed E-state index contributed by atoms with van der Waals surface area (Å²) in [5.74, 6) is 1.52. The van der Waals surface area contributed by atoms with Gasteiger partial charge in [-0.15, -0.1) is 0 Å². The largest absolute Gasteiger partial charge is 0.465 e. The third-order valence-corrected chi connectivity index (χ3v) is 6.71. The average Bonchev–Trinajstić information content (AvgIpc) is 3.23. The summed E-state index contributed by atoms with van der Waals surface area (Å²) in [5.41, 5.74) is 0.812. The van der Waals surface area contributed by atoms with Gasteiger partial charge in [-0.1, -0.05) is 11.6 Å². The molecule has 3 aliphatic rings. The smallest absolute Gasteiger partial charge is 0.306 e. The number of hydrogen-bond acceptors (Lipinski definition) is 4. The lowest BCUT2D eigenvalue weighted by Gasteiger charge is -2.44. The first-order chi connectivity index (χ1) is 13.0. The third kappa shape index (κ3) is 3.02. The summed E-state index contributed by atoms with van der Waals surface area (Å²) in [6.45, 7) is 2.02. The van der Waals surface area contributed by atoms with Crippen LogP contribution in [0.1, 0.15) is 43.8 Å². The Hall–Kier alpha value is -2.01. The van der Waals surface area contributed by atoms with Crippen molar-refractivity contribution in [3.63, 3.8) is 0 Å². The number of esters is 1. The van der Waals surface area contributed by atoms with Crippen LogP contribution in [0.15, 0.2) is 28.7 Å². The van der Waals surface area contributed by atoms with E-state index in [0.717, 1.165) is 55.5 Å². The minimum atomic E-state index is -0.117. The SMILES string of the molecule is O=C1CC2(CO1)CC(C(=O)N1CCC(c3cc4cc(Cl)ccc4o3)CC1)C2. The number of fused-ring (bicyclic) bond motifs is 1. The molecule has 2 saturated heterocycles. The molecule has 0 N–H and O–H groups in total. The first-order valence-corrected chi connectivity index (χ1v) is 10.0. The highest BCUT2D eigenvalue weighted by Crippen LogP contribution is 2.52. The number of benzene rings is 1. The van der Waals surface area contributed by atoms with Gasteiger partial charge in [0, 0.05) is 40.7 Å². The number of halogens is 1. The fraction of sp³-hybridized carbons (Fsp3) is 0.524. The maximum absolute atomic E-state index is 12.8. The molecule has 0 radical (unpaired) electrons. The highest BCUT2D eigenvalue weighted by atomic mass is 35.5. The molecule has 6 heteroatoms. The number of amides is 1. The molecule has 5 nitrogen and oxygen atoms in total. The molecule has 0 unspecified atom stereocenters. The van der Waals surface area contributed by atoms with Crippen molar-refractivity contribution < 1.29 is 18.7 Å². The molecule has 1 aliphatic carbocycles. The van der Waals surface area contributed by atoms with E-state index in [0.29, 0.717) is 24.0 Å². The van der Waals surface area contributed by atoms with Gasteiger partial charge in [0.1, 0.15) is 11.3 Å². The zero-order valence-electron chi connectivity index (χ0n) is 15.1. The number of nitrogens with zero attached hydrogens (tertiary/aromatic N) is 1. The summed E-state index contributed by atoms with van der Waals surface area (Å²) in [6, 6.07) is 7.75. The summed E-state index contributed by atoms with van der Waals surface area (Å²) in [5, 5.41) is 1.74. The van der Waals surface area contributed by atoms with Crippen LogP contribution in [0.2, 0.25) is 5.02 Å². The lowest BCUT2D eigenvalue weighted by Crippen LogP contribution is -2.49. The normalized spacial score (nSPS) is 28.6. The molecular weight excluding hydrogens is 366 g/mol. The molecule has 1 aromatic heterocycles. The molecule has 5 rings (SSSR count). The second-order valence-corrected chi connectivity index (χ2v) is 8.81. The van der Waals surface area contributed by atoms with E-state index in [9.17, 15) is 9.59 Å². The standard InChI is InChI=1S/C21H22ClNO4/c22-16-1-2-17-14(7-16)8-18(27-17)13-3-5-23(6-4-13)20(25)15-9-21(10-15)11-19(24)26-12-21/h1-2,7-8,13,15H,3-6,9-12H2. The second kappa shape index (κ2) is 6.26. The Kier molecular flexibility index (Phi) is 3.97. The summed E-state index contributed by atoms with van der Waals surface area (Å²) in [4.78, 5) is 26.1. The lowest BCUT2D eigenvalue weighted by atomic mass is 9.61. The fourth-order valence-corrected chi connectivity index (χ4v) is 5.12. The quantitative estimate of drug-likeness (QED) is 0.727. The number of cyclic esters (lactones) is 1. The zero-order valence-corrected chi connectivity index (χ0v) is 15.8. The number of carbonyl (C=O) groups excluding carboxylic acids is 2. The van der Waals surface area contributed by atoms with Gasteiger partial charge in [0.2, 0.25) is 5.91 Å². The Balaban J connectivity index is 1.19. The number of carbonyl (C=O) groups is 2. The summed E-state index contributed by atoms with van der Waals surface area (Å²) in [6.07, 6.45) is 3.90. The van der Waals surface area contributed by atoms with Gasteiger partial charge in [-0.3, -0.25) is 9.59 Å². The van der Waals surface area contributed by atoms with Crippen LogP contribution in [0.4, 0.5) is 0 Å². The molecule has 2 aliphatic heterocycles. The molecule has 1 spiro atoms. The minimum absolute atomic E-state index is 0.0503. The lowest BCUT2D eigenvalue weighted by molar-refractivity contribution is -0.144. The van der Waals surface area contributed by atoms with Gasteiger partial charge < -0.3 is 14.1 Å². The highest BCUT2D eigenvalue weighted by molar-refractivity contribution is 6.31. The number of hydrogen-bond donors (Lipinski definition) is 0. The first kappa shape index (κ1) is 17.1. The number of rotatable bonds is 2. The highest BCUT2D eigenvalue weighted by Gasteiger charge is 2.53. The Morgan fingerprint density at radius 2 is 1.96 bits per heavy atom. The van der Waals surface area contributed by atoms with Gasteiger partial charge in [-0.25, -0.2) is 0 Å². The molecule has 3 fully saturated rings. The molecule has 0 bridgehead atoms. The van der Waals surface area contributed by atoms with Gasteiger partial charge in [-0.2, -0.15) is 0 Å². The van der Waals surface area contributed by atoms with Crippen LogP contribution < -0.4 is 0 Å². The van der Waals surface area contributed by atoms with Crippen molar-refractivity contribution in [2.75, 3.05) is 19.7 Å². The third-order valence-electron chi connectivity index (χ3n) is 6.47. The molecule has 1 aromatic carbocycles. The van der Waals surface area contributed by atoms with Crippen molar-refractivity contribution in [2.45, 2.75) is 38.0 Å². The van der Waals surface area contributed by atoms with Crippen molar-refractivity contribution in [3.8, 4) is 0 Å². The molecule has 1 amide bonds. The van der Waals surface area contributed by atoms with Crippen molar-refractivity contribution in [3.05, 3.63) is 35.0 Å². The van der Waals surface area contributed by atoms with Gasteiger partial charge in [-0.05, 0) is 49.9 Å². The Bertz CT molecular complexity index is 906. The average molecular weight is 388 g/mol. The molecule has 2 aromatic rings. The van der Waals surface area contributed by atoms with E-state index >= 15 is 0 Å². The van der Waals surface area contributed by atoms with Crippen LogP contribution >= 0.6 is 11.6 Å². The van der Waals surface area contributed by atoms with Crippen LogP contribution in [0, 0.1) is 11.3 Å². The maximum Gasteiger partial charge on any atom is 0.306 e. The van der Waals surface area contributed by atoms with E-state index in [1.54, 1.807) is 0 Å². The van der Waals surface area contributed by atoms with Crippen LogP contribution in [0.5, 0.6) is 0 Å². The molecule has 0 atom stereocenters. The Labute approximate surface area is 162 Å². The van der Waals surface area contributed by atoms with Gasteiger partial charge >= 0.3 is 5.97 Å². The van der Waals surface area contributed by atoms with Crippen molar-refractivity contribution in [1.29, 1.82) is 0 Å². The van der Waals surface area contributed by atoms with Gasteiger partial charge in [0.05, 0.1) is 13.0 Å². The Morgan fingerprint density at radius 1 is 1.19 bits per heavy atom. The summed E-state index contributed by atoms with van der Waals surface area (Å²) >= 11 is 6.06. The van der Waals surface area contributed by atoms with Crippen molar-refractivity contribution in [2.24, 2.45) is 11.3 Å². The van der Waals surface area contributed by atoms with Crippen LogP contribution in [-0.2, 0) is 14.3 Å².